The monoisotopic (exact) mass is 442 g/mol. The zero-order chi connectivity index (χ0) is 21.8. The SMILES string of the molecule is CCC1CCCCN1C(=O)COC(=O)c1nc(-c2cccs2)n(-c2ccc(F)cc2)n1. The Balaban J connectivity index is 1.52. The Hall–Kier alpha value is -3.07. The lowest BCUT2D eigenvalue weighted by Gasteiger charge is -2.35. The molecule has 31 heavy (non-hydrogen) atoms. The van der Waals surface area contributed by atoms with Crippen molar-refractivity contribution in [3.8, 4) is 16.4 Å². The smallest absolute Gasteiger partial charge is 0.378 e. The van der Waals surface area contributed by atoms with Crippen LogP contribution >= 0.6 is 11.3 Å². The van der Waals surface area contributed by atoms with Crippen molar-refractivity contribution in [3.05, 3.63) is 53.4 Å². The molecular weight excluding hydrogens is 419 g/mol. The number of likely N-dealkylation sites (tertiary alicyclic amines) is 1. The molecule has 7 nitrogen and oxygen atoms in total. The third-order valence-corrected chi connectivity index (χ3v) is 6.21. The minimum Gasteiger partial charge on any atom is -0.450 e. The van der Waals surface area contributed by atoms with Crippen molar-refractivity contribution in [3.63, 3.8) is 0 Å². The molecule has 3 heterocycles. The van der Waals surface area contributed by atoms with Crippen LogP contribution in [-0.2, 0) is 9.53 Å². The average Bonchev–Trinajstić information content (AvgIpc) is 3.48. The van der Waals surface area contributed by atoms with E-state index in [-0.39, 0.29) is 30.2 Å². The van der Waals surface area contributed by atoms with Crippen LogP contribution in [0.1, 0.15) is 43.2 Å². The molecule has 1 aliphatic heterocycles. The third kappa shape index (κ3) is 4.66. The van der Waals surface area contributed by atoms with Crippen molar-refractivity contribution in [1.29, 1.82) is 0 Å². The number of aromatic nitrogens is 3. The standard InChI is InChI=1S/C22H23FN4O3S/c1-2-16-6-3-4-12-26(16)19(28)14-30-22(29)20-24-21(18-7-5-13-31-18)27(25-20)17-10-8-15(23)9-11-17/h5,7-11,13,16H,2-4,6,12,14H2,1H3. The molecule has 1 fully saturated rings. The summed E-state index contributed by atoms with van der Waals surface area (Å²) in [5, 5.41) is 6.17. The van der Waals surface area contributed by atoms with Crippen LogP contribution in [0.4, 0.5) is 4.39 Å². The largest absolute Gasteiger partial charge is 0.450 e. The van der Waals surface area contributed by atoms with Gasteiger partial charge in [-0.2, -0.15) is 4.98 Å². The number of carbonyl (C=O) groups is 2. The number of rotatable bonds is 6. The van der Waals surface area contributed by atoms with Gasteiger partial charge in [0, 0.05) is 12.6 Å². The van der Waals surface area contributed by atoms with E-state index in [0.717, 1.165) is 30.6 Å². The molecular formula is C22H23FN4O3S. The van der Waals surface area contributed by atoms with E-state index in [0.29, 0.717) is 18.1 Å². The molecule has 9 heteroatoms. The van der Waals surface area contributed by atoms with Crippen molar-refractivity contribution < 1.29 is 18.7 Å². The molecule has 1 atom stereocenters. The maximum atomic E-state index is 13.3. The van der Waals surface area contributed by atoms with Gasteiger partial charge in [-0.1, -0.05) is 13.0 Å². The second-order valence-corrected chi connectivity index (χ2v) is 8.29. The Kier molecular flexibility index (Phi) is 6.41. The summed E-state index contributed by atoms with van der Waals surface area (Å²) in [4.78, 5) is 32.1. The van der Waals surface area contributed by atoms with E-state index in [2.05, 4.69) is 17.0 Å². The van der Waals surface area contributed by atoms with E-state index in [9.17, 15) is 14.0 Å². The predicted molar refractivity (Wildman–Crippen MR) is 115 cm³/mol. The van der Waals surface area contributed by atoms with Crippen LogP contribution < -0.4 is 0 Å². The molecule has 1 unspecified atom stereocenters. The summed E-state index contributed by atoms with van der Waals surface area (Å²) in [6.07, 6.45) is 3.93. The second kappa shape index (κ2) is 9.38. The van der Waals surface area contributed by atoms with Crippen molar-refractivity contribution in [2.24, 2.45) is 0 Å². The first-order valence-electron chi connectivity index (χ1n) is 10.3. The molecule has 3 aromatic rings. The lowest BCUT2D eigenvalue weighted by atomic mass is 10.00. The Labute approximate surface area is 183 Å². The molecule has 0 aliphatic carbocycles. The lowest BCUT2D eigenvalue weighted by Crippen LogP contribution is -2.45. The molecule has 4 rings (SSSR count). The number of halogens is 1. The van der Waals surface area contributed by atoms with Crippen LogP contribution in [-0.4, -0.2) is 50.7 Å². The molecule has 0 radical (unpaired) electrons. The van der Waals surface area contributed by atoms with Crippen molar-refractivity contribution in [1.82, 2.24) is 19.7 Å². The van der Waals surface area contributed by atoms with Crippen LogP contribution in [0.3, 0.4) is 0 Å². The summed E-state index contributed by atoms with van der Waals surface area (Å²) in [6.45, 7) is 2.41. The Morgan fingerprint density at radius 1 is 1.23 bits per heavy atom. The number of thiophene rings is 1. The van der Waals surface area contributed by atoms with E-state index in [4.69, 9.17) is 4.74 Å². The highest BCUT2D eigenvalue weighted by atomic mass is 32.1. The molecule has 0 bridgehead atoms. The van der Waals surface area contributed by atoms with E-state index in [1.54, 1.807) is 17.0 Å². The molecule has 0 N–H and O–H groups in total. The highest BCUT2D eigenvalue weighted by molar-refractivity contribution is 7.13. The quantitative estimate of drug-likeness (QED) is 0.538. The lowest BCUT2D eigenvalue weighted by molar-refractivity contribution is -0.138. The third-order valence-electron chi connectivity index (χ3n) is 5.35. The summed E-state index contributed by atoms with van der Waals surface area (Å²) in [5.41, 5.74) is 0.562. The summed E-state index contributed by atoms with van der Waals surface area (Å²) >= 11 is 1.44. The number of ether oxygens (including phenoxy) is 1. The van der Waals surface area contributed by atoms with Crippen LogP contribution in [0.25, 0.3) is 16.4 Å². The molecule has 1 aliphatic rings. The van der Waals surface area contributed by atoms with E-state index in [1.165, 1.54) is 28.2 Å². The van der Waals surface area contributed by atoms with Crippen LogP contribution in [0.15, 0.2) is 41.8 Å². The van der Waals surface area contributed by atoms with Gasteiger partial charge in [0.2, 0.25) is 0 Å². The molecule has 1 amide bonds. The highest BCUT2D eigenvalue weighted by Gasteiger charge is 2.27. The minimum absolute atomic E-state index is 0.147. The summed E-state index contributed by atoms with van der Waals surface area (Å²) in [5.74, 6) is -1.04. The Morgan fingerprint density at radius 3 is 2.74 bits per heavy atom. The first-order valence-corrected chi connectivity index (χ1v) is 11.2. The number of hydrogen-bond donors (Lipinski definition) is 0. The van der Waals surface area contributed by atoms with Crippen molar-refractivity contribution >= 4 is 23.2 Å². The average molecular weight is 443 g/mol. The fraction of sp³-hybridized carbons (Fsp3) is 0.364. The number of esters is 1. The van der Waals surface area contributed by atoms with Gasteiger partial charge in [0.1, 0.15) is 5.82 Å². The number of piperidine rings is 1. The Morgan fingerprint density at radius 2 is 2.03 bits per heavy atom. The maximum Gasteiger partial charge on any atom is 0.378 e. The number of benzene rings is 1. The van der Waals surface area contributed by atoms with E-state index in [1.807, 2.05) is 17.5 Å². The molecule has 0 spiro atoms. The zero-order valence-corrected chi connectivity index (χ0v) is 18.0. The first kappa shape index (κ1) is 21.2. The van der Waals surface area contributed by atoms with Crippen molar-refractivity contribution in [2.45, 2.75) is 38.6 Å². The van der Waals surface area contributed by atoms with Gasteiger partial charge in [0.25, 0.3) is 11.7 Å². The topological polar surface area (TPSA) is 77.3 Å². The number of nitrogens with zero attached hydrogens (tertiary/aromatic N) is 4. The highest BCUT2D eigenvalue weighted by Crippen LogP contribution is 2.26. The van der Waals surface area contributed by atoms with Gasteiger partial charge >= 0.3 is 5.97 Å². The second-order valence-electron chi connectivity index (χ2n) is 7.35. The molecule has 1 aromatic carbocycles. The van der Waals surface area contributed by atoms with E-state index >= 15 is 0 Å². The van der Waals surface area contributed by atoms with Gasteiger partial charge in [-0.25, -0.2) is 13.9 Å². The summed E-state index contributed by atoms with van der Waals surface area (Å²) in [6, 6.07) is 9.66. The number of hydrogen-bond acceptors (Lipinski definition) is 6. The van der Waals surface area contributed by atoms with Crippen LogP contribution in [0.2, 0.25) is 0 Å². The van der Waals surface area contributed by atoms with Crippen LogP contribution in [0.5, 0.6) is 0 Å². The predicted octanol–water partition coefficient (Wildman–Crippen LogP) is 4.08. The van der Waals surface area contributed by atoms with Crippen molar-refractivity contribution in [2.75, 3.05) is 13.2 Å². The normalized spacial score (nSPS) is 16.3. The van der Waals surface area contributed by atoms with Gasteiger partial charge in [0.05, 0.1) is 10.6 Å². The fourth-order valence-electron chi connectivity index (χ4n) is 3.75. The molecule has 0 saturated carbocycles. The zero-order valence-electron chi connectivity index (χ0n) is 17.2. The number of amides is 1. The Bertz CT molecular complexity index is 1050. The van der Waals surface area contributed by atoms with Gasteiger partial charge in [-0.05, 0) is 61.4 Å². The molecule has 162 valence electrons. The maximum absolute atomic E-state index is 13.3. The van der Waals surface area contributed by atoms with Crippen LogP contribution in [0, 0.1) is 5.82 Å². The fourth-order valence-corrected chi connectivity index (χ4v) is 4.45. The molecule has 1 saturated heterocycles. The first-order chi connectivity index (χ1) is 15.1. The van der Waals surface area contributed by atoms with Gasteiger partial charge in [-0.3, -0.25) is 4.79 Å². The van der Waals surface area contributed by atoms with Gasteiger partial charge < -0.3 is 9.64 Å². The summed E-state index contributed by atoms with van der Waals surface area (Å²) < 4.78 is 20.1. The van der Waals surface area contributed by atoms with Gasteiger partial charge in [0.15, 0.2) is 12.4 Å². The number of carbonyl (C=O) groups excluding carboxylic acids is 2. The van der Waals surface area contributed by atoms with E-state index < -0.39 is 5.97 Å². The molecule has 2 aromatic heterocycles. The minimum atomic E-state index is -0.767. The summed E-state index contributed by atoms with van der Waals surface area (Å²) in [7, 11) is 0. The van der Waals surface area contributed by atoms with Gasteiger partial charge in [-0.15, -0.1) is 16.4 Å².